The van der Waals surface area contributed by atoms with Gasteiger partial charge in [0.15, 0.2) is 0 Å². The fraction of sp³-hybridized carbons (Fsp3) is 0.333. The highest BCUT2D eigenvalue weighted by atomic mass is 35.5. The van der Waals surface area contributed by atoms with Crippen molar-refractivity contribution in [1.29, 1.82) is 0 Å². The maximum absolute atomic E-state index is 13.6. The van der Waals surface area contributed by atoms with Crippen molar-refractivity contribution in [3.63, 3.8) is 0 Å². The molecule has 2 aromatic carbocycles. The number of carbonyl (C=O) groups excluding carboxylic acids is 2. The van der Waals surface area contributed by atoms with Crippen molar-refractivity contribution < 1.29 is 14.0 Å². The number of hydrogen-bond donors (Lipinski definition) is 1. The second-order valence-corrected chi connectivity index (χ2v) is 7.18. The van der Waals surface area contributed by atoms with E-state index in [0.717, 1.165) is 18.7 Å². The van der Waals surface area contributed by atoms with Crippen LogP contribution in [0.5, 0.6) is 0 Å². The zero-order valence-corrected chi connectivity index (χ0v) is 16.3. The predicted octanol–water partition coefficient (Wildman–Crippen LogP) is 2.94. The number of piperazine rings is 1. The van der Waals surface area contributed by atoms with E-state index in [2.05, 4.69) is 5.32 Å². The Morgan fingerprint density at radius 1 is 1.11 bits per heavy atom. The highest BCUT2D eigenvalue weighted by molar-refractivity contribution is 6.30. The molecule has 0 saturated carbocycles. The highest BCUT2D eigenvalue weighted by Gasteiger charge is 2.21. The van der Waals surface area contributed by atoms with Gasteiger partial charge in [0.1, 0.15) is 5.82 Å². The van der Waals surface area contributed by atoms with Crippen LogP contribution in [0.1, 0.15) is 22.3 Å². The summed E-state index contributed by atoms with van der Waals surface area (Å²) in [6.45, 7) is 3.45. The Morgan fingerprint density at radius 3 is 2.57 bits per heavy atom. The molecule has 0 bridgehead atoms. The summed E-state index contributed by atoms with van der Waals surface area (Å²) in [5, 5.41) is 3.79. The zero-order chi connectivity index (χ0) is 19.9. The summed E-state index contributed by atoms with van der Waals surface area (Å²) >= 11 is 6.05. The van der Waals surface area contributed by atoms with Crippen LogP contribution in [0.3, 0.4) is 0 Å². The van der Waals surface area contributed by atoms with Gasteiger partial charge < -0.3 is 15.1 Å². The lowest BCUT2D eigenvalue weighted by Gasteiger charge is -2.29. The molecule has 1 aliphatic heterocycles. The molecule has 1 heterocycles. The minimum Gasteiger partial charge on any atom is -0.340 e. The molecule has 0 aliphatic carbocycles. The van der Waals surface area contributed by atoms with Gasteiger partial charge in [-0.05, 0) is 35.9 Å². The Labute approximate surface area is 169 Å². The second kappa shape index (κ2) is 9.66. The number of carbonyl (C=O) groups is 2. The van der Waals surface area contributed by atoms with Gasteiger partial charge in [0.25, 0.3) is 5.91 Å². The summed E-state index contributed by atoms with van der Waals surface area (Å²) in [5.74, 6) is -0.761. The molecule has 0 unspecified atom stereocenters. The van der Waals surface area contributed by atoms with Crippen molar-refractivity contribution in [3.05, 3.63) is 70.5 Å². The van der Waals surface area contributed by atoms with Crippen LogP contribution in [0.4, 0.5) is 4.39 Å². The van der Waals surface area contributed by atoms with Crippen LogP contribution in [0, 0.1) is 5.82 Å². The molecule has 7 heteroatoms. The van der Waals surface area contributed by atoms with Crippen molar-refractivity contribution in [2.75, 3.05) is 32.7 Å². The van der Waals surface area contributed by atoms with Gasteiger partial charge in [0.2, 0.25) is 5.91 Å². The molecular weight excluding hydrogens is 381 g/mol. The molecule has 1 N–H and O–H groups in total. The van der Waals surface area contributed by atoms with E-state index in [1.54, 1.807) is 28.0 Å². The van der Waals surface area contributed by atoms with Crippen LogP contribution in [0.15, 0.2) is 48.5 Å². The molecule has 3 rings (SSSR count). The second-order valence-electron chi connectivity index (χ2n) is 6.75. The Balaban J connectivity index is 1.73. The Bertz CT molecular complexity index is 840. The van der Waals surface area contributed by atoms with E-state index < -0.39 is 5.82 Å². The van der Waals surface area contributed by atoms with E-state index in [9.17, 15) is 14.0 Å². The first-order valence-electron chi connectivity index (χ1n) is 9.31. The SMILES string of the molecule is O=C(CCN(Cc1cccc(Cl)c1)C(=O)c1cccc(F)c1)N1CCNCC1. The number of halogens is 2. The average molecular weight is 404 g/mol. The van der Waals surface area contributed by atoms with Gasteiger partial charge >= 0.3 is 0 Å². The van der Waals surface area contributed by atoms with Crippen LogP contribution in [0.2, 0.25) is 5.02 Å². The number of rotatable bonds is 6. The Hall–Kier alpha value is -2.44. The molecule has 1 saturated heterocycles. The van der Waals surface area contributed by atoms with Crippen LogP contribution in [-0.4, -0.2) is 54.3 Å². The Morgan fingerprint density at radius 2 is 1.86 bits per heavy atom. The van der Waals surface area contributed by atoms with Crippen molar-refractivity contribution in [2.24, 2.45) is 0 Å². The van der Waals surface area contributed by atoms with Crippen LogP contribution in [-0.2, 0) is 11.3 Å². The van der Waals surface area contributed by atoms with Gasteiger partial charge in [-0.25, -0.2) is 4.39 Å². The predicted molar refractivity (Wildman–Crippen MR) is 107 cm³/mol. The van der Waals surface area contributed by atoms with Gasteiger partial charge in [0.05, 0.1) is 0 Å². The van der Waals surface area contributed by atoms with Gasteiger partial charge in [-0.15, -0.1) is 0 Å². The molecule has 0 spiro atoms. The molecule has 28 heavy (non-hydrogen) atoms. The number of nitrogens with one attached hydrogen (secondary N) is 1. The van der Waals surface area contributed by atoms with Crippen LogP contribution >= 0.6 is 11.6 Å². The van der Waals surface area contributed by atoms with E-state index in [0.29, 0.717) is 24.7 Å². The molecule has 2 amide bonds. The first-order valence-corrected chi connectivity index (χ1v) is 9.68. The fourth-order valence-electron chi connectivity index (χ4n) is 3.22. The summed E-state index contributed by atoms with van der Waals surface area (Å²) in [4.78, 5) is 28.8. The lowest BCUT2D eigenvalue weighted by molar-refractivity contribution is -0.132. The minimum atomic E-state index is -0.467. The van der Waals surface area contributed by atoms with E-state index in [-0.39, 0.29) is 30.3 Å². The Kier molecular flexibility index (Phi) is 7.01. The van der Waals surface area contributed by atoms with E-state index in [1.807, 2.05) is 12.1 Å². The first-order chi connectivity index (χ1) is 13.5. The first kappa shape index (κ1) is 20.3. The number of hydrogen-bond acceptors (Lipinski definition) is 3. The van der Waals surface area contributed by atoms with Gasteiger partial charge in [0, 0.05) is 56.3 Å². The molecule has 2 aromatic rings. The molecular formula is C21H23ClFN3O2. The van der Waals surface area contributed by atoms with Crippen molar-refractivity contribution >= 4 is 23.4 Å². The maximum atomic E-state index is 13.6. The monoisotopic (exact) mass is 403 g/mol. The fourth-order valence-corrected chi connectivity index (χ4v) is 3.43. The summed E-state index contributed by atoms with van der Waals surface area (Å²) in [6.07, 6.45) is 0.224. The third-order valence-electron chi connectivity index (χ3n) is 4.69. The highest BCUT2D eigenvalue weighted by Crippen LogP contribution is 2.16. The molecule has 0 aromatic heterocycles. The van der Waals surface area contributed by atoms with Crippen LogP contribution in [0.25, 0.3) is 0 Å². The lowest BCUT2D eigenvalue weighted by atomic mass is 10.1. The number of benzene rings is 2. The van der Waals surface area contributed by atoms with Gasteiger partial charge in [-0.3, -0.25) is 9.59 Å². The smallest absolute Gasteiger partial charge is 0.254 e. The van der Waals surface area contributed by atoms with E-state index >= 15 is 0 Å². The average Bonchev–Trinajstić information content (AvgIpc) is 2.71. The number of amides is 2. The van der Waals surface area contributed by atoms with Crippen molar-refractivity contribution in [2.45, 2.75) is 13.0 Å². The standard InChI is InChI=1S/C21H23ClFN3O2/c22-18-5-1-3-16(13-18)15-26(21(28)17-4-2-6-19(23)14-17)10-7-20(27)25-11-8-24-9-12-25/h1-6,13-14,24H,7-12,15H2. The lowest BCUT2D eigenvalue weighted by Crippen LogP contribution is -2.47. The quantitative estimate of drug-likeness (QED) is 0.806. The summed E-state index contributed by atoms with van der Waals surface area (Å²) in [6, 6.07) is 12.8. The molecule has 5 nitrogen and oxygen atoms in total. The van der Waals surface area contributed by atoms with Gasteiger partial charge in [-0.2, -0.15) is 0 Å². The van der Waals surface area contributed by atoms with Crippen LogP contribution < -0.4 is 5.32 Å². The van der Waals surface area contributed by atoms with Gasteiger partial charge in [-0.1, -0.05) is 29.8 Å². The molecule has 1 fully saturated rings. The topological polar surface area (TPSA) is 52.7 Å². The number of nitrogens with zero attached hydrogens (tertiary/aromatic N) is 2. The molecule has 0 radical (unpaired) electrons. The van der Waals surface area contributed by atoms with Crippen molar-refractivity contribution in [1.82, 2.24) is 15.1 Å². The maximum Gasteiger partial charge on any atom is 0.254 e. The molecule has 1 aliphatic rings. The third kappa shape index (κ3) is 5.53. The normalized spacial score (nSPS) is 14.0. The summed E-state index contributed by atoms with van der Waals surface area (Å²) in [5.41, 5.74) is 1.11. The molecule has 148 valence electrons. The molecule has 0 atom stereocenters. The third-order valence-corrected chi connectivity index (χ3v) is 4.92. The summed E-state index contributed by atoms with van der Waals surface area (Å²) < 4.78 is 13.6. The minimum absolute atomic E-state index is 0.0182. The largest absolute Gasteiger partial charge is 0.340 e. The zero-order valence-electron chi connectivity index (χ0n) is 15.5. The van der Waals surface area contributed by atoms with E-state index in [4.69, 9.17) is 11.6 Å². The van der Waals surface area contributed by atoms with E-state index in [1.165, 1.54) is 18.2 Å². The summed E-state index contributed by atoms with van der Waals surface area (Å²) in [7, 11) is 0. The van der Waals surface area contributed by atoms with Crippen molar-refractivity contribution in [3.8, 4) is 0 Å².